The molecule has 32 heavy (non-hydrogen) atoms. The van der Waals surface area contributed by atoms with E-state index in [1.807, 2.05) is 6.20 Å². The molecule has 2 aliphatic rings. The van der Waals surface area contributed by atoms with Crippen molar-refractivity contribution in [1.82, 2.24) is 19.6 Å². The molecule has 0 aliphatic carbocycles. The van der Waals surface area contributed by atoms with Gasteiger partial charge in [-0.2, -0.15) is 5.10 Å². The van der Waals surface area contributed by atoms with Gasteiger partial charge in [-0.1, -0.05) is 52.1 Å². The zero-order chi connectivity index (χ0) is 23.2. The molecule has 1 unspecified atom stereocenters. The highest BCUT2D eigenvalue weighted by atomic mass is 16.3. The summed E-state index contributed by atoms with van der Waals surface area (Å²) in [5.41, 5.74) is 6.14. The number of allylic oxidation sites excluding steroid dienone is 2. The molecule has 0 bridgehead atoms. The van der Waals surface area contributed by atoms with Crippen LogP contribution in [-0.2, 0) is 13.0 Å². The number of fused-ring (bicyclic) bond motifs is 5. The first-order chi connectivity index (χ1) is 15.1. The second kappa shape index (κ2) is 8.28. The van der Waals surface area contributed by atoms with Crippen LogP contribution >= 0.6 is 0 Å². The predicted molar refractivity (Wildman–Crippen MR) is 133 cm³/mol. The van der Waals surface area contributed by atoms with E-state index in [1.165, 1.54) is 17.4 Å². The van der Waals surface area contributed by atoms with Crippen molar-refractivity contribution in [3.05, 3.63) is 71.8 Å². The molecule has 4 rings (SSSR count). The van der Waals surface area contributed by atoms with Gasteiger partial charge in [0.15, 0.2) is 0 Å². The van der Waals surface area contributed by atoms with Crippen molar-refractivity contribution in [3.8, 4) is 0 Å². The van der Waals surface area contributed by atoms with Crippen LogP contribution in [0.25, 0.3) is 16.6 Å². The van der Waals surface area contributed by atoms with Crippen molar-refractivity contribution in [2.75, 3.05) is 20.6 Å². The van der Waals surface area contributed by atoms with E-state index in [1.54, 1.807) is 0 Å². The molecule has 1 atom stereocenters. The minimum atomic E-state index is 0.0149. The molecule has 1 aromatic carbocycles. The number of benzene rings is 1. The van der Waals surface area contributed by atoms with Crippen LogP contribution in [0.15, 0.2) is 60.5 Å². The fourth-order valence-electron chi connectivity index (χ4n) is 4.82. The SMILES string of the molecule is C=C(O)C1=CN2C(=CC1=C)c1c3cccc(CCCCN(C)C)c3nn1CC2C(C)(C)C. The fourth-order valence-corrected chi connectivity index (χ4v) is 4.82. The van der Waals surface area contributed by atoms with Crippen molar-refractivity contribution in [2.45, 2.75) is 52.6 Å². The van der Waals surface area contributed by atoms with Gasteiger partial charge in [0, 0.05) is 17.2 Å². The Morgan fingerprint density at radius 2 is 2.00 bits per heavy atom. The number of aromatic nitrogens is 2. The molecular weight excluding hydrogens is 396 g/mol. The summed E-state index contributed by atoms with van der Waals surface area (Å²) >= 11 is 0. The summed E-state index contributed by atoms with van der Waals surface area (Å²) < 4.78 is 2.19. The fraction of sp³-hybridized carbons (Fsp3) is 0.444. The molecule has 0 fully saturated rings. The molecule has 5 nitrogen and oxygen atoms in total. The summed E-state index contributed by atoms with van der Waals surface area (Å²) in [4.78, 5) is 4.54. The Hall–Kier alpha value is -2.79. The molecular formula is C27H36N4O. The monoisotopic (exact) mass is 432 g/mol. The smallest absolute Gasteiger partial charge is 0.117 e. The zero-order valence-corrected chi connectivity index (χ0v) is 20.1. The van der Waals surface area contributed by atoms with Gasteiger partial charge in [-0.05, 0) is 62.5 Å². The third-order valence-electron chi connectivity index (χ3n) is 6.59. The van der Waals surface area contributed by atoms with Crippen molar-refractivity contribution >= 4 is 16.6 Å². The number of hydrogen-bond donors (Lipinski definition) is 1. The number of hydrogen-bond acceptors (Lipinski definition) is 4. The second-order valence-electron chi connectivity index (χ2n) is 10.4. The van der Waals surface area contributed by atoms with Gasteiger partial charge in [0.1, 0.15) is 5.76 Å². The summed E-state index contributed by atoms with van der Waals surface area (Å²) in [6.45, 7) is 16.6. The maximum Gasteiger partial charge on any atom is 0.117 e. The normalized spacial score (nSPS) is 18.5. The molecule has 2 aromatic rings. The quantitative estimate of drug-likeness (QED) is 0.482. The van der Waals surface area contributed by atoms with E-state index in [0.717, 1.165) is 48.4 Å². The van der Waals surface area contributed by atoms with Gasteiger partial charge in [-0.25, -0.2) is 0 Å². The van der Waals surface area contributed by atoms with Crippen LogP contribution in [0.2, 0.25) is 0 Å². The maximum absolute atomic E-state index is 10.1. The first-order valence-electron chi connectivity index (χ1n) is 11.5. The van der Waals surface area contributed by atoms with Crippen LogP contribution < -0.4 is 0 Å². The molecule has 0 amide bonds. The topological polar surface area (TPSA) is 44.5 Å². The van der Waals surface area contributed by atoms with Gasteiger partial charge in [-0.15, -0.1) is 0 Å². The lowest BCUT2D eigenvalue weighted by Gasteiger charge is -2.46. The van der Waals surface area contributed by atoms with Gasteiger partial charge >= 0.3 is 0 Å². The third-order valence-corrected chi connectivity index (χ3v) is 6.59. The summed E-state index contributed by atoms with van der Waals surface area (Å²) in [6, 6.07) is 6.75. The minimum absolute atomic E-state index is 0.0149. The number of aliphatic hydroxyl groups excluding tert-OH is 1. The summed E-state index contributed by atoms with van der Waals surface area (Å²) in [5.74, 6) is 0.0573. The van der Waals surface area contributed by atoms with Crippen molar-refractivity contribution < 1.29 is 5.11 Å². The summed E-state index contributed by atoms with van der Waals surface area (Å²) in [5, 5.41) is 16.4. The Morgan fingerprint density at radius 3 is 2.66 bits per heavy atom. The van der Waals surface area contributed by atoms with Crippen LogP contribution in [0.1, 0.15) is 44.9 Å². The average molecular weight is 433 g/mol. The molecule has 0 spiro atoms. The summed E-state index contributed by atoms with van der Waals surface area (Å²) in [6.07, 6.45) is 7.46. The van der Waals surface area contributed by atoms with E-state index in [0.29, 0.717) is 5.57 Å². The van der Waals surface area contributed by atoms with E-state index >= 15 is 0 Å². The second-order valence-corrected chi connectivity index (χ2v) is 10.4. The number of aliphatic hydroxyl groups is 1. The van der Waals surface area contributed by atoms with Crippen LogP contribution in [0.4, 0.5) is 0 Å². The molecule has 1 N–H and O–H groups in total. The largest absolute Gasteiger partial charge is 0.508 e. The van der Waals surface area contributed by atoms with Gasteiger partial charge < -0.3 is 14.9 Å². The lowest BCUT2D eigenvalue weighted by atomic mass is 9.82. The molecule has 5 heteroatoms. The van der Waals surface area contributed by atoms with Gasteiger partial charge in [0.05, 0.1) is 29.5 Å². The molecule has 1 aromatic heterocycles. The minimum Gasteiger partial charge on any atom is -0.508 e. The van der Waals surface area contributed by atoms with Crippen LogP contribution in [0, 0.1) is 5.41 Å². The molecule has 2 aliphatic heterocycles. The van der Waals surface area contributed by atoms with Crippen molar-refractivity contribution in [2.24, 2.45) is 5.41 Å². The highest BCUT2D eigenvalue weighted by Gasteiger charge is 2.39. The molecule has 0 saturated heterocycles. The first-order valence-corrected chi connectivity index (χ1v) is 11.5. The lowest BCUT2D eigenvalue weighted by Crippen LogP contribution is -2.47. The van der Waals surface area contributed by atoms with Gasteiger partial charge in [-0.3, -0.25) is 4.68 Å². The van der Waals surface area contributed by atoms with Crippen LogP contribution in [-0.4, -0.2) is 51.4 Å². The van der Waals surface area contributed by atoms with E-state index in [2.05, 4.69) is 86.8 Å². The van der Waals surface area contributed by atoms with E-state index in [4.69, 9.17) is 5.10 Å². The molecule has 0 saturated carbocycles. The van der Waals surface area contributed by atoms with Crippen molar-refractivity contribution in [3.63, 3.8) is 0 Å². The Bertz CT molecular complexity index is 1130. The van der Waals surface area contributed by atoms with E-state index in [-0.39, 0.29) is 17.2 Å². The Balaban J connectivity index is 1.79. The number of nitrogens with zero attached hydrogens (tertiary/aromatic N) is 4. The zero-order valence-electron chi connectivity index (χ0n) is 20.1. The lowest BCUT2D eigenvalue weighted by molar-refractivity contribution is 0.156. The first kappa shape index (κ1) is 22.4. The van der Waals surface area contributed by atoms with Crippen molar-refractivity contribution in [1.29, 1.82) is 0 Å². The highest BCUT2D eigenvalue weighted by molar-refractivity contribution is 5.94. The number of aryl methyl sites for hydroxylation is 1. The van der Waals surface area contributed by atoms with Crippen LogP contribution in [0.3, 0.4) is 0 Å². The summed E-state index contributed by atoms with van der Waals surface area (Å²) in [7, 11) is 4.25. The van der Waals surface area contributed by atoms with E-state index in [9.17, 15) is 5.11 Å². The molecule has 170 valence electrons. The standard InChI is InChI=1S/C27H36N4O/c1-18-15-23-26-21-13-10-12-20(11-8-9-14-29(6)7)25(21)28-31(26)17-24(27(3,4)5)30(23)16-22(18)19(2)32/h10,12-13,15-16,24,32H,1-2,8-9,11,14,17H2,3-7H3. The average Bonchev–Trinajstić information content (AvgIpc) is 3.08. The highest BCUT2D eigenvalue weighted by Crippen LogP contribution is 2.43. The van der Waals surface area contributed by atoms with Gasteiger partial charge in [0.2, 0.25) is 0 Å². The Kier molecular flexibility index (Phi) is 5.80. The van der Waals surface area contributed by atoms with E-state index < -0.39 is 0 Å². The Morgan fingerprint density at radius 1 is 1.25 bits per heavy atom. The van der Waals surface area contributed by atoms with Gasteiger partial charge in [0.25, 0.3) is 0 Å². The number of unbranched alkanes of at least 4 members (excludes halogenated alkanes) is 1. The van der Waals surface area contributed by atoms with Crippen LogP contribution in [0.5, 0.6) is 0 Å². The molecule has 3 heterocycles. The number of rotatable bonds is 6. The maximum atomic E-state index is 10.1. The molecule has 0 radical (unpaired) electrons. The third kappa shape index (κ3) is 4.02. The predicted octanol–water partition coefficient (Wildman–Crippen LogP) is 5.52. The Labute approximate surface area is 192 Å².